The molecule has 1 spiro atoms. The van der Waals surface area contributed by atoms with Gasteiger partial charge in [0, 0.05) is 29.8 Å². The van der Waals surface area contributed by atoms with Crippen molar-refractivity contribution >= 4 is 12.0 Å². The largest absolute Gasteiger partial charge is 0.441 e. The zero-order valence-corrected chi connectivity index (χ0v) is 16.6. The molecular formula is C22H21N5O3. The van der Waals surface area contributed by atoms with Crippen LogP contribution in [0.3, 0.4) is 0 Å². The van der Waals surface area contributed by atoms with Gasteiger partial charge in [0.15, 0.2) is 0 Å². The Bertz CT molecular complexity index is 1090. The molecule has 8 heteroatoms. The van der Waals surface area contributed by atoms with Gasteiger partial charge in [-0.3, -0.25) is 4.79 Å². The average molecular weight is 403 g/mol. The number of fused-ring (bicyclic) bond motifs is 1. The standard InChI is InChI=1S/C22H21N5O3/c1-13-17(18(9-23)26-12-25-13)6-19-15-4-2-3-5-16(15)20(28)27(19)10-14-7-22(8-14)11-24-21(29)30-22/h2-5,12,14,19H,6-8,10-11H2,1H3,(H,24,29). The fraction of sp³-hybridized carbons (Fsp3) is 0.409. The van der Waals surface area contributed by atoms with Gasteiger partial charge in [-0.05, 0) is 37.3 Å². The SMILES string of the molecule is Cc1ncnc(C#N)c1CC1c2ccccc2C(=O)N1CC1CC2(CNC(=O)O2)C1. The number of hydrogen-bond donors (Lipinski definition) is 1. The van der Waals surface area contributed by atoms with Gasteiger partial charge in [-0.15, -0.1) is 0 Å². The molecule has 1 N–H and O–H groups in total. The molecule has 2 fully saturated rings. The van der Waals surface area contributed by atoms with E-state index in [0.29, 0.717) is 30.8 Å². The minimum atomic E-state index is -0.412. The summed E-state index contributed by atoms with van der Waals surface area (Å²) in [6.45, 7) is 2.99. The highest BCUT2D eigenvalue weighted by molar-refractivity contribution is 5.99. The Hall–Kier alpha value is -3.47. The highest BCUT2D eigenvalue weighted by Crippen LogP contribution is 2.45. The van der Waals surface area contributed by atoms with Crippen molar-refractivity contribution in [2.24, 2.45) is 5.92 Å². The molecule has 1 aromatic heterocycles. The predicted molar refractivity (Wildman–Crippen MR) is 105 cm³/mol. The fourth-order valence-electron chi connectivity index (χ4n) is 5.04. The number of amides is 2. The number of carbonyl (C=O) groups excluding carboxylic acids is 2. The first-order valence-electron chi connectivity index (χ1n) is 10.1. The predicted octanol–water partition coefficient (Wildman–Crippen LogP) is 2.28. The van der Waals surface area contributed by atoms with Gasteiger partial charge < -0.3 is 15.0 Å². The van der Waals surface area contributed by atoms with Crippen molar-refractivity contribution < 1.29 is 14.3 Å². The first-order chi connectivity index (χ1) is 14.5. The van der Waals surface area contributed by atoms with Crippen molar-refractivity contribution in [1.29, 1.82) is 5.26 Å². The summed E-state index contributed by atoms with van der Waals surface area (Å²) in [5.74, 6) is 0.271. The summed E-state index contributed by atoms with van der Waals surface area (Å²) in [6, 6.07) is 9.62. The molecule has 3 aliphatic rings. The third kappa shape index (κ3) is 2.89. The van der Waals surface area contributed by atoms with Crippen LogP contribution in [0.15, 0.2) is 30.6 Å². The molecule has 3 heterocycles. The summed E-state index contributed by atoms with van der Waals surface area (Å²) in [4.78, 5) is 34.9. The van der Waals surface area contributed by atoms with E-state index >= 15 is 0 Å². The first kappa shape index (κ1) is 18.6. The maximum Gasteiger partial charge on any atom is 0.407 e. The van der Waals surface area contributed by atoms with E-state index < -0.39 is 5.60 Å². The van der Waals surface area contributed by atoms with E-state index in [1.165, 1.54) is 6.33 Å². The lowest BCUT2D eigenvalue weighted by Crippen LogP contribution is -2.51. The molecule has 1 aromatic carbocycles. The van der Waals surface area contributed by atoms with E-state index in [4.69, 9.17) is 4.74 Å². The molecule has 152 valence electrons. The number of hydrogen-bond acceptors (Lipinski definition) is 6. The van der Waals surface area contributed by atoms with Crippen molar-refractivity contribution in [3.05, 3.63) is 58.7 Å². The number of ether oxygens (including phenoxy) is 1. The molecule has 1 atom stereocenters. The van der Waals surface area contributed by atoms with Gasteiger partial charge in [-0.25, -0.2) is 14.8 Å². The van der Waals surface area contributed by atoms with E-state index in [1.807, 2.05) is 36.1 Å². The van der Waals surface area contributed by atoms with Gasteiger partial charge in [0.05, 0.1) is 12.6 Å². The van der Waals surface area contributed by atoms with Gasteiger partial charge in [0.2, 0.25) is 0 Å². The number of carbonyl (C=O) groups is 2. The lowest BCUT2D eigenvalue weighted by molar-refractivity contribution is -0.0554. The van der Waals surface area contributed by atoms with Crippen molar-refractivity contribution in [3.63, 3.8) is 0 Å². The van der Waals surface area contributed by atoms with Gasteiger partial charge in [0.25, 0.3) is 5.91 Å². The van der Waals surface area contributed by atoms with Crippen LogP contribution in [0, 0.1) is 24.2 Å². The van der Waals surface area contributed by atoms with Crippen LogP contribution in [0.5, 0.6) is 0 Å². The Labute approximate surface area is 173 Å². The smallest absolute Gasteiger partial charge is 0.407 e. The number of aromatic nitrogens is 2. The average Bonchev–Trinajstić information content (AvgIpc) is 3.23. The zero-order valence-electron chi connectivity index (χ0n) is 16.6. The van der Waals surface area contributed by atoms with Crippen LogP contribution in [0.1, 0.15) is 51.8 Å². The Morgan fingerprint density at radius 3 is 2.83 bits per heavy atom. The molecule has 1 saturated heterocycles. The summed E-state index contributed by atoms with van der Waals surface area (Å²) < 4.78 is 5.43. The molecule has 2 amide bonds. The van der Waals surface area contributed by atoms with Crippen molar-refractivity contribution in [2.45, 2.75) is 37.8 Å². The molecule has 1 unspecified atom stereocenters. The fourth-order valence-corrected chi connectivity index (χ4v) is 5.04. The van der Waals surface area contributed by atoms with Crippen molar-refractivity contribution in [3.8, 4) is 6.07 Å². The zero-order chi connectivity index (χ0) is 20.9. The quantitative estimate of drug-likeness (QED) is 0.839. The number of aryl methyl sites for hydroxylation is 1. The number of nitrogens with zero attached hydrogens (tertiary/aromatic N) is 4. The Kier molecular flexibility index (Phi) is 4.21. The molecule has 2 aliphatic heterocycles. The summed E-state index contributed by atoms with van der Waals surface area (Å²) in [7, 11) is 0. The van der Waals surface area contributed by atoms with E-state index in [2.05, 4.69) is 21.4 Å². The summed E-state index contributed by atoms with van der Waals surface area (Å²) in [5.41, 5.74) is 3.15. The molecule has 8 nitrogen and oxygen atoms in total. The third-order valence-corrected chi connectivity index (χ3v) is 6.49. The molecule has 1 saturated carbocycles. The van der Waals surface area contributed by atoms with Crippen LogP contribution in [0.4, 0.5) is 4.79 Å². The van der Waals surface area contributed by atoms with Crippen molar-refractivity contribution in [2.75, 3.05) is 13.1 Å². The number of nitriles is 1. The number of benzene rings is 1. The van der Waals surface area contributed by atoms with Crippen LogP contribution in [-0.4, -0.2) is 45.6 Å². The number of alkyl carbamates (subject to hydrolysis) is 1. The monoisotopic (exact) mass is 403 g/mol. The van der Waals surface area contributed by atoms with E-state index in [9.17, 15) is 14.9 Å². The minimum absolute atomic E-state index is 0.00565. The molecule has 0 bridgehead atoms. The highest BCUT2D eigenvalue weighted by Gasteiger charge is 2.52. The van der Waals surface area contributed by atoms with Crippen LogP contribution in [0.2, 0.25) is 0 Å². The number of rotatable bonds is 4. The normalized spacial score (nSPS) is 26.7. The van der Waals surface area contributed by atoms with Gasteiger partial charge in [0.1, 0.15) is 23.7 Å². The topological polar surface area (TPSA) is 108 Å². The molecule has 5 rings (SSSR count). The molecule has 0 radical (unpaired) electrons. The van der Waals surface area contributed by atoms with E-state index in [1.54, 1.807) is 0 Å². The lowest BCUT2D eigenvalue weighted by Gasteiger charge is -2.44. The highest BCUT2D eigenvalue weighted by atomic mass is 16.6. The third-order valence-electron chi connectivity index (χ3n) is 6.49. The molecule has 1 aliphatic carbocycles. The van der Waals surface area contributed by atoms with E-state index in [-0.39, 0.29) is 24.0 Å². The summed E-state index contributed by atoms with van der Waals surface area (Å²) >= 11 is 0. The van der Waals surface area contributed by atoms with Gasteiger partial charge >= 0.3 is 6.09 Å². The summed E-state index contributed by atoms with van der Waals surface area (Å²) in [6.07, 6.45) is 3.02. The van der Waals surface area contributed by atoms with Gasteiger partial charge in [-0.2, -0.15) is 5.26 Å². The second kappa shape index (κ2) is 6.80. The van der Waals surface area contributed by atoms with Crippen LogP contribution >= 0.6 is 0 Å². The van der Waals surface area contributed by atoms with Gasteiger partial charge in [-0.1, -0.05) is 18.2 Å². The minimum Gasteiger partial charge on any atom is -0.441 e. The van der Waals surface area contributed by atoms with Crippen molar-refractivity contribution in [1.82, 2.24) is 20.2 Å². The number of nitrogens with one attached hydrogen (secondary N) is 1. The Morgan fingerprint density at radius 2 is 2.10 bits per heavy atom. The Balaban J connectivity index is 1.41. The molecule has 30 heavy (non-hydrogen) atoms. The lowest BCUT2D eigenvalue weighted by atomic mass is 9.70. The van der Waals surface area contributed by atoms with Crippen LogP contribution in [-0.2, 0) is 11.2 Å². The molecular weight excluding hydrogens is 382 g/mol. The Morgan fingerprint density at radius 1 is 1.30 bits per heavy atom. The summed E-state index contributed by atoms with van der Waals surface area (Å²) in [5, 5.41) is 12.2. The molecule has 2 aromatic rings. The second-order valence-electron chi connectivity index (χ2n) is 8.36. The first-order valence-corrected chi connectivity index (χ1v) is 10.1. The maximum absolute atomic E-state index is 13.2. The van der Waals surface area contributed by atoms with Crippen LogP contribution in [0.25, 0.3) is 0 Å². The van der Waals surface area contributed by atoms with Crippen LogP contribution < -0.4 is 5.32 Å². The second-order valence-corrected chi connectivity index (χ2v) is 8.36. The maximum atomic E-state index is 13.2. The van der Waals surface area contributed by atoms with E-state index in [0.717, 1.165) is 29.7 Å².